The molecule has 2 amide bonds. The lowest BCUT2D eigenvalue weighted by Crippen LogP contribution is -2.29. The van der Waals surface area contributed by atoms with E-state index in [2.05, 4.69) is 15.6 Å². The third kappa shape index (κ3) is 5.53. The molecule has 0 radical (unpaired) electrons. The van der Waals surface area contributed by atoms with E-state index in [0.29, 0.717) is 27.9 Å². The van der Waals surface area contributed by atoms with Crippen LogP contribution < -0.4 is 24.8 Å². The summed E-state index contributed by atoms with van der Waals surface area (Å²) in [6.45, 7) is 0.257. The number of thiazole rings is 1. The number of phenols is 1. The lowest BCUT2D eigenvalue weighted by molar-refractivity contribution is -0.121. The van der Waals surface area contributed by atoms with Crippen molar-refractivity contribution in [3.8, 4) is 23.0 Å². The highest BCUT2D eigenvalue weighted by Gasteiger charge is 2.25. The number of methoxy groups -OCH3 is 1. The Morgan fingerprint density at radius 3 is 2.64 bits per heavy atom. The normalized spacial score (nSPS) is 12.8. The Hall–Kier alpha value is -3.79. The number of carbonyl (C=O) groups is 2. The Bertz CT molecular complexity index is 1120. The molecule has 172 valence electrons. The molecule has 10 heteroatoms. The molecule has 0 saturated carbocycles. The molecule has 2 aromatic carbocycles. The van der Waals surface area contributed by atoms with E-state index in [1.807, 2.05) is 12.1 Å². The van der Waals surface area contributed by atoms with Gasteiger partial charge in [0.2, 0.25) is 18.6 Å². The minimum atomic E-state index is -0.449. The average molecular weight is 470 g/mol. The number of nitrogens with one attached hydrogen (secondary N) is 2. The van der Waals surface area contributed by atoms with Crippen LogP contribution in [0.15, 0.2) is 48.0 Å². The van der Waals surface area contributed by atoms with Crippen molar-refractivity contribution in [3.05, 3.63) is 59.1 Å². The number of phenolic OH excluding ortho intramolecular Hbond substituents is 1. The molecule has 0 fully saturated rings. The first-order valence-electron chi connectivity index (χ1n) is 10.3. The number of amides is 2. The van der Waals surface area contributed by atoms with Crippen molar-refractivity contribution in [1.82, 2.24) is 10.3 Å². The number of hydrogen-bond donors (Lipinski definition) is 3. The fourth-order valence-corrected chi connectivity index (χ4v) is 4.05. The molecule has 0 saturated heterocycles. The summed E-state index contributed by atoms with van der Waals surface area (Å²) in [4.78, 5) is 28.8. The molecule has 1 unspecified atom stereocenters. The molecule has 0 spiro atoms. The Balaban J connectivity index is 1.45. The van der Waals surface area contributed by atoms with E-state index in [4.69, 9.17) is 14.2 Å². The Kier molecular flexibility index (Phi) is 6.94. The van der Waals surface area contributed by atoms with Gasteiger partial charge in [-0.05, 0) is 23.8 Å². The quantitative estimate of drug-likeness (QED) is 0.440. The number of hydrogen-bond acceptors (Lipinski definition) is 8. The second kappa shape index (κ2) is 10.2. The lowest BCUT2D eigenvalue weighted by Gasteiger charge is -2.20. The van der Waals surface area contributed by atoms with Gasteiger partial charge in [0.1, 0.15) is 11.5 Å². The van der Waals surface area contributed by atoms with Gasteiger partial charge < -0.3 is 30.0 Å². The van der Waals surface area contributed by atoms with Crippen molar-refractivity contribution in [3.63, 3.8) is 0 Å². The number of carbonyl (C=O) groups excluding carboxylic acids is 2. The fourth-order valence-electron chi connectivity index (χ4n) is 3.51. The topological polar surface area (TPSA) is 119 Å². The highest BCUT2D eigenvalue weighted by atomic mass is 32.1. The van der Waals surface area contributed by atoms with E-state index in [0.717, 1.165) is 5.56 Å². The zero-order valence-corrected chi connectivity index (χ0v) is 18.7. The first kappa shape index (κ1) is 22.4. The molecule has 1 aromatic heterocycles. The monoisotopic (exact) mass is 469 g/mol. The van der Waals surface area contributed by atoms with Gasteiger partial charge in [0, 0.05) is 48.5 Å². The van der Waals surface area contributed by atoms with Crippen LogP contribution in [0, 0.1) is 0 Å². The smallest absolute Gasteiger partial charge is 0.231 e. The van der Waals surface area contributed by atoms with Gasteiger partial charge in [0.25, 0.3) is 0 Å². The maximum Gasteiger partial charge on any atom is 0.231 e. The van der Waals surface area contributed by atoms with E-state index in [1.165, 1.54) is 17.4 Å². The van der Waals surface area contributed by atoms with E-state index in [9.17, 15) is 14.7 Å². The van der Waals surface area contributed by atoms with Crippen LogP contribution in [0.5, 0.6) is 23.0 Å². The highest BCUT2D eigenvalue weighted by Crippen LogP contribution is 2.43. The van der Waals surface area contributed by atoms with Crippen molar-refractivity contribution in [2.75, 3.05) is 25.8 Å². The summed E-state index contributed by atoms with van der Waals surface area (Å²) in [7, 11) is 1.58. The van der Waals surface area contributed by atoms with E-state index in [-0.39, 0.29) is 43.7 Å². The Morgan fingerprint density at radius 2 is 1.94 bits per heavy atom. The molecule has 9 nitrogen and oxygen atoms in total. The van der Waals surface area contributed by atoms with Gasteiger partial charge in [0.05, 0.1) is 7.11 Å². The van der Waals surface area contributed by atoms with Crippen molar-refractivity contribution < 1.29 is 28.9 Å². The zero-order chi connectivity index (χ0) is 23.2. The highest BCUT2D eigenvalue weighted by molar-refractivity contribution is 7.13. The molecule has 0 bridgehead atoms. The summed E-state index contributed by atoms with van der Waals surface area (Å²) in [5.74, 6) is 0.731. The number of ether oxygens (including phenoxy) is 3. The molecule has 1 aliphatic rings. The van der Waals surface area contributed by atoms with Gasteiger partial charge in [-0.3, -0.25) is 9.59 Å². The summed E-state index contributed by atoms with van der Waals surface area (Å²) in [5.41, 5.74) is 1.36. The van der Waals surface area contributed by atoms with Gasteiger partial charge in [-0.2, -0.15) is 0 Å². The predicted octanol–water partition coefficient (Wildman–Crippen LogP) is 3.25. The van der Waals surface area contributed by atoms with Crippen molar-refractivity contribution >= 4 is 28.3 Å². The van der Waals surface area contributed by atoms with Crippen molar-refractivity contribution in [1.29, 1.82) is 0 Å². The second-order valence-electron chi connectivity index (χ2n) is 7.28. The van der Waals surface area contributed by atoms with Gasteiger partial charge in [-0.15, -0.1) is 11.3 Å². The van der Waals surface area contributed by atoms with Gasteiger partial charge >= 0.3 is 0 Å². The molecule has 3 N–H and O–H groups in total. The van der Waals surface area contributed by atoms with Gasteiger partial charge in [-0.25, -0.2) is 4.98 Å². The third-order valence-corrected chi connectivity index (χ3v) is 5.85. The zero-order valence-electron chi connectivity index (χ0n) is 17.9. The lowest BCUT2D eigenvalue weighted by atomic mass is 9.87. The summed E-state index contributed by atoms with van der Waals surface area (Å²) in [5, 5.41) is 18.4. The van der Waals surface area contributed by atoms with Crippen LogP contribution in [-0.4, -0.2) is 42.4 Å². The van der Waals surface area contributed by atoms with Gasteiger partial charge in [0.15, 0.2) is 16.6 Å². The number of benzene rings is 2. The SMILES string of the molecule is COc1ccc(C(CC(=O)NCCC(=O)Nc2nccs2)c2cc3c(cc2O)OCO3)cc1. The van der Waals surface area contributed by atoms with E-state index in [1.54, 1.807) is 36.9 Å². The number of fused-ring (bicyclic) bond motifs is 1. The standard InChI is InChI=1S/C23H23N3O6S/c1-30-15-4-2-14(3-5-15)16(17-10-19-20(12-18(17)27)32-13-31-19)11-22(29)24-7-6-21(28)26-23-25-8-9-33-23/h2-5,8-10,12,16,27H,6-7,11,13H2,1H3,(H,24,29)(H,25,26,28). The first-order chi connectivity index (χ1) is 16.0. The second-order valence-corrected chi connectivity index (χ2v) is 8.17. The average Bonchev–Trinajstić information content (AvgIpc) is 3.49. The molecule has 4 rings (SSSR count). The van der Waals surface area contributed by atoms with Crippen LogP contribution in [-0.2, 0) is 9.59 Å². The minimum absolute atomic E-state index is 0.00990. The van der Waals surface area contributed by atoms with Crippen LogP contribution in [0.1, 0.15) is 29.9 Å². The van der Waals surface area contributed by atoms with Crippen LogP contribution >= 0.6 is 11.3 Å². The van der Waals surface area contributed by atoms with Crippen LogP contribution in [0.4, 0.5) is 5.13 Å². The minimum Gasteiger partial charge on any atom is -0.508 e. The van der Waals surface area contributed by atoms with E-state index < -0.39 is 5.92 Å². The number of nitrogens with zero attached hydrogens (tertiary/aromatic N) is 1. The summed E-state index contributed by atoms with van der Waals surface area (Å²) in [6, 6.07) is 10.5. The van der Waals surface area contributed by atoms with E-state index >= 15 is 0 Å². The molecular formula is C23H23N3O6S. The molecule has 0 aliphatic carbocycles. The number of anilines is 1. The predicted molar refractivity (Wildman–Crippen MR) is 122 cm³/mol. The van der Waals surface area contributed by atoms with Crippen molar-refractivity contribution in [2.45, 2.75) is 18.8 Å². The van der Waals surface area contributed by atoms with Crippen molar-refractivity contribution in [2.24, 2.45) is 0 Å². The molecule has 2 heterocycles. The molecule has 1 aliphatic heterocycles. The molecule has 33 heavy (non-hydrogen) atoms. The molecule has 3 aromatic rings. The van der Waals surface area contributed by atoms with Gasteiger partial charge in [-0.1, -0.05) is 12.1 Å². The van der Waals surface area contributed by atoms with Crippen LogP contribution in [0.3, 0.4) is 0 Å². The van der Waals surface area contributed by atoms with Crippen LogP contribution in [0.2, 0.25) is 0 Å². The Morgan fingerprint density at radius 1 is 1.18 bits per heavy atom. The Labute approximate surface area is 194 Å². The number of aromatic hydroxyl groups is 1. The third-order valence-electron chi connectivity index (χ3n) is 5.16. The number of aromatic nitrogens is 1. The maximum atomic E-state index is 12.8. The number of rotatable bonds is 9. The molecular weight excluding hydrogens is 446 g/mol. The van der Waals surface area contributed by atoms with Crippen LogP contribution in [0.25, 0.3) is 0 Å². The largest absolute Gasteiger partial charge is 0.508 e. The maximum absolute atomic E-state index is 12.8. The summed E-state index contributed by atoms with van der Waals surface area (Å²) >= 11 is 1.32. The molecule has 1 atom stereocenters. The fraction of sp³-hybridized carbons (Fsp3) is 0.261. The summed E-state index contributed by atoms with van der Waals surface area (Å²) < 4.78 is 16.0. The summed E-state index contributed by atoms with van der Waals surface area (Å²) in [6.07, 6.45) is 1.79. The first-order valence-corrected chi connectivity index (χ1v) is 11.1.